The Morgan fingerprint density at radius 3 is 2.29 bits per heavy atom. The highest BCUT2D eigenvalue weighted by molar-refractivity contribution is 6.03. The molecular weight excluding hydrogens is 867 g/mol. The van der Waals surface area contributed by atoms with Crippen LogP contribution in [0.2, 0.25) is 0 Å². The summed E-state index contributed by atoms with van der Waals surface area (Å²) < 4.78 is 27.0. The summed E-state index contributed by atoms with van der Waals surface area (Å²) >= 11 is 0. The van der Waals surface area contributed by atoms with Gasteiger partial charge in [-0.3, -0.25) is 14.9 Å². The second-order valence-corrected chi connectivity index (χ2v) is 18.1. The molecule has 1 amide bonds. The highest BCUT2D eigenvalue weighted by Gasteiger charge is 2.66. The molecular formula is C54H63N3O11. The van der Waals surface area contributed by atoms with E-state index in [1.54, 1.807) is 18.2 Å². The van der Waals surface area contributed by atoms with E-state index in [-0.39, 0.29) is 94.5 Å². The molecule has 0 spiro atoms. The molecule has 4 aromatic rings. The molecule has 0 radical (unpaired) electrons. The van der Waals surface area contributed by atoms with Gasteiger partial charge in [-0.2, -0.15) is 0 Å². The van der Waals surface area contributed by atoms with Crippen molar-refractivity contribution in [1.29, 1.82) is 0 Å². The number of amides is 1. The number of carbonyl (C=O) groups is 1. The second-order valence-electron chi connectivity index (χ2n) is 18.1. The molecule has 0 saturated heterocycles. The zero-order valence-electron chi connectivity index (χ0n) is 38.5. The molecule has 3 N–H and O–H groups in total. The Balaban J connectivity index is 1.27. The number of benzene rings is 4. The molecule has 4 aliphatic rings. The molecule has 2 saturated carbocycles. The minimum Gasteiger partial charge on any atom is -0.459 e. The third-order valence-corrected chi connectivity index (χ3v) is 13.7. The summed E-state index contributed by atoms with van der Waals surface area (Å²) in [6.07, 6.45) is 10.1. The lowest BCUT2D eigenvalue weighted by Gasteiger charge is -2.60. The van der Waals surface area contributed by atoms with Crippen LogP contribution in [-0.4, -0.2) is 94.8 Å². The predicted molar refractivity (Wildman–Crippen MR) is 257 cm³/mol. The topological polar surface area (TPSA) is 183 Å². The largest absolute Gasteiger partial charge is 0.459 e. The number of nitrogens with zero attached hydrogens (tertiary/aromatic N) is 3. The van der Waals surface area contributed by atoms with Crippen LogP contribution in [0.5, 0.6) is 17.2 Å². The Kier molecular flexibility index (Phi) is 16.4. The Bertz CT molecular complexity index is 2390. The summed E-state index contributed by atoms with van der Waals surface area (Å²) in [6.45, 7) is 4.68. The lowest BCUT2D eigenvalue weighted by molar-refractivity contribution is -0.384. The van der Waals surface area contributed by atoms with Gasteiger partial charge in [0.05, 0.1) is 43.0 Å². The van der Waals surface area contributed by atoms with Crippen molar-refractivity contribution in [2.75, 3.05) is 46.2 Å². The molecule has 4 aromatic carbocycles. The fourth-order valence-corrected chi connectivity index (χ4v) is 10.4. The van der Waals surface area contributed by atoms with Gasteiger partial charge in [0.1, 0.15) is 29.9 Å². The third kappa shape index (κ3) is 11.0. The number of hydrogen-bond acceptors (Lipinski definition) is 12. The van der Waals surface area contributed by atoms with Crippen LogP contribution >= 0.6 is 0 Å². The molecule has 0 aromatic heterocycles. The van der Waals surface area contributed by atoms with E-state index in [2.05, 4.69) is 30.9 Å². The molecule has 8 rings (SSSR count). The molecule has 6 unspecified atom stereocenters. The molecule has 14 nitrogen and oxygen atoms in total. The highest BCUT2D eigenvalue weighted by atomic mass is 16.7. The average Bonchev–Trinajstić information content (AvgIpc) is 4.22. The van der Waals surface area contributed by atoms with Gasteiger partial charge >= 0.3 is 0 Å². The monoisotopic (exact) mass is 929 g/mol. The molecule has 1 aliphatic heterocycles. The summed E-state index contributed by atoms with van der Waals surface area (Å²) in [5, 5.41) is 45.9. The van der Waals surface area contributed by atoms with E-state index >= 15 is 0 Å². The van der Waals surface area contributed by atoms with Gasteiger partial charge in [0.15, 0.2) is 0 Å². The molecule has 68 heavy (non-hydrogen) atoms. The van der Waals surface area contributed by atoms with Crippen molar-refractivity contribution in [2.24, 2.45) is 28.8 Å². The van der Waals surface area contributed by atoms with Crippen molar-refractivity contribution >= 4 is 17.3 Å². The van der Waals surface area contributed by atoms with Crippen molar-refractivity contribution in [1.82, 2.24) is 4.90 Å². The van der Waals surface area contributed by atoms with E-state index in [0.29, 0.717) is 41.4 Å². The second kappa shape index (κ2) is 22.9. The first-order valence-electron chi connectivity index (χ1n) is 24.0. The fraction of sp³-hybridized carbons (Fsp3) is 0.444. The molecule has 1 heterocycles. The summed E-state index contributed by atoms with van der Waals surface area (Å²) in [5.41, 5.74) is 5.29. The van der Waals surface area contributed by atoms with Gasteiger partial charge in [-0.05, 0) is 115 Å². The Hall–Kier alpha value is -5.90. The van der Waals surface area contributed by atoms with Crippen LogP contribution in [0.3, 0.4) is 0 Å². The Labute approximate surface area is 398 Å². The normalized spacial score (nSPS) is 23.1. The first kappa shape index (κ1) is 48.6. The maximum atomic E-state index is 14.7. The first-order chi connectivity index (χ1) is 33.3. The van der Waals surface area contributed by atoms with Crippen molar-refractivity contribution in [3.8, 4) is 28.4 Å². The number of nitro groups is 1. The summed E-state index contributed by atoms with van der Waals surface area (Å²) in [6, 6.07) is 29.5. The van der Waals surface area contributed by atoms with Crippen molar-refractivity contribution in [3.63, 3.8) is 0 Å². The van der Waals surface area contributed by atoms with E-state index in [0.717, 1.165) is 60.8 Å². The summed E-state index contributed by atoms with van der Waals surface area (Å²) in [4.78, 5) is 33.7. The van der Waals surface area contributed by atoms with Gasteiger partial charge in [0, 0.05) is 55.7 Å². The van der Waals surface area contributed by atoms with Gasteiger partial charge in [-0.1, -0.05) is 72.6 Å². The van der Waals surface area contributed by atoms with E-state index in [1.165, 1.54) is 12.1 Å². The highest BCUT2D eigenvalue weighted by Crippen LogP contribution is 2.62. The van der Waals surface area contributed by atoms with Crippen molar-refractivity contribution < 1.29 is 48.8 Å². The van der Waals surface area contributed by atoms with E-state index in [9.17, 15) is 30.2 Å². The SMILES string of the molecule is C=CCOC12Oc3ccc(Oc4ccc(-c5ccccc5)cc4)cc3C3C(CCCCO)C(CCCCO)C=C(C(=NOCc4ccc([N+](=O)[O-])cc4)CC1N(CCOCCO)C(=O)C1CC1)C32. The Morgan fingerprint density at radius 2 is 1.60 bits per heavy atom. The molecule has 14 heteroatoms. The van der Waals surface area contributed by atoms with Crippen LogP contribution in [-0.2, 0) is 25.7 Å². The van der Waals surface area contributed by atoms with Gasteiger partial charge < -0.3 is 44.0 Å². The van der Waals surface area contributed by atoms with E-state index in [4.69, 9.17) is 28.9 Å². The van der Waals surface area contributed by atoms with Crippen LogP contribution in [0.1, 0.15) is 74.8 Å². The quantitative estimate of drug-likeness (QED) is 0.0249. The van der Waals surface area contributed by atoms with Gasteiger partial charge in [-0.25, -0.2) is 0 Å². The first-order valence-corrected chi connectivity index (χ1v) is 24.0. The predicted octanol–water partition coefficient (Wildman–Crippen LogP) is 9.14. The van der Waals surface area contributed by atoms with Crippen molar-refractivity contribution in [3.05, 3.63) is 143 Å². The van der Waals surface area contributed by atoms with Crippen LogP contribution in [0.25, 0.3) is 11.1 Å². The molecule has 6 atom stereocenters. The number of nitro benzene ring substituents is 1. The smallest absolute Gasteiger partial charge is 0.269 e. The number of non-ortho nitro benzene ring substituents is 1. The number of hydrogen-bond donors (Lipinski definition) is 3. The fourth-order valence-electron chi connectivity index (χ4n) is 10.4. The zero-order valence-corrected chi connectivity index (χ0v) is 38.5. The number of fused-ring (bicyclic) bond motifs is 2. The molecule has 360 valence electrons. The Morgan fingerprint density at radius 1 is 0.882 bits per heavy atom. The lowest BCUT2D eigenvalue weighted by Crippen LogP contribution is -2.70. The summed E-state index contributed by atoms with van der Waals surface area (Å²) in [5.74, 6) is -0.515. The zero-order chi connectivity index (χ0) is 47.5. The lowest BCUT2D eigenvalue weighted by atomic mass is 9.55. The molecule has 3 aliphatic carbocycles. The minimum absolute atomic E-state index is 0.00486. The summed E-state index contributed by atoms with van der Waals surface area (Å²) in [7, 11) is 0. The molecule has 2 fully saturated rings. The van der Waals surface area contributed by atoms with Crippen LogP contribution in [0.4, 0.5) is 5.69 Å². The number of carbonyl (C=O) groups excluding carboxylic acids is 1. The number of aliphatic hydroxyl groups is 3. The van der Waals surface area contributed by atoms with Gasteiger partial charge in [0.25, 0.3) is 5.69 Å². The number of aliphatic hydroxyl groups excluding tert-OH is 3. The van der Waals surface area contributed by atoms with Crippen LogP contribution < -0.4 is 9.47 Å². The standard InChI is InChI=1S/C54H63N3O11/c1-2-30-65-54-50(56(26-31-64-32-29-60)53(61)40-16-17-40)35-48(55-66-36-37-14-20-42(21-15-37)57(62)63)46-33-41(12-6-8-27-58)45(13-7-9-28-59)51(52(46)54)47-34-44(24-25-49(47)68-54)67-43-22-18-39(19-23-43)38-10-4-3-5-11-38/h2-5,10-11,14-15,18-25,33-34,40-41,45,50-52,58-60H,1,6-9,12-13,16-17,26-32,35-36H2. The number of allylic oxidation sites excluding steroid dienone is 1. The minimum atomic E-state index is -1.45. The van der Waals surface area contributed by atoms with E-state index < -0.39 is 22.7 Å². The van der Waals surface area contributed by atoms with Crippen LogP contribution in [0.15, 0.2) is 127 Å². The van der Waals surface area contributed by atoms with Gasteiger partial charge in [-0.15, -0.1) is 6.58 Å². The number of rotatable bonds is 25. The number of unbranched alkanes of at least 4 members (excludes halogenated alkanes) is 2. The third-order valence-electron chi connectivity index (χ3n) is 13.7. The number of oxime groups is 1. The maximum absolute atomic E-state index is 14.7. The van der Waals surface area contributed by atoms with E-state index in [1.807, 2.05) is 59.5 Å². The molecule has 0 bridgehead atoms. The average molecular weight is 930 g/mol. The van der Waals surface area contributed by atoms with Gasteiger partial charge in [0.2, 0.25) is 11.7 Å². The number of ether oxygens (including phenoxy) is 4. The maximum Gasteiger partial charge on any atom is 0.269 e. The van der Waals surface area contributed by atoms with Crippen molar-refractivity contribution in [2.45, 2.75) is 82.1 Å². The van der Waals surface area contributed by atoms with Crippen LogP contribution in [0, 0.1) is 33.8 Å².